The van der Waals surface area contributed by atoms with Crippen molar-refractivity contribution in [2.75, 3.05) is 0 Å². The fourth-order valence-corrected chi connectivity index (χ4v) is 1.90. The summed E-state index contributed by atoms with van der Waals surface area (Å²) in [6.45, 7) is 0. The largest absolute Gasteiger partial charge is 0.481 e. The molecule has 0 aliphatic heterocycles. The van der Waals surface area contributed by atoms with Crippen LogP contribution in [0.4, 0.5) is 0 Å². The molecule has 74 valence electrons. The van der Waals surface area contributed by atoms with Gasteiger partial charge in [0.05, 0.1) is 0 Å². The van der Waals surface area contributed by atoms with Crippen LogP contribution in [-0.4, -0.2) is 16.9 Å². The third-order valence-electron chi connectivity index (χ3n) is 2.59. The molecule has 1 aliphatic carbocycles. The molecular formula is C10H16O3. The number of Topliss-reactive ketones (excluding diaryl/α,β-unsaturated/α-hetero) is 1. The van der Waals surface area contributed by atoms with Gasteiger partial charge in [-0.1, -0.05) is 0 Å². The molecule has 0 bridgehead atoms. The van der Waals surface area contributed by atoms with E-state index in [1.807, 2.05) is 0 Å². The van der Waals surface area contributed by atoms with E-state index in [1.165, 1.54) is 0 Å². The summed E-state index contributed by atoms with van der Waals surface area (Å²) in [6, 6.07) is 0. The van der Waals surface area contributed by atoms with E-state index < -0.39 is 5.97 Å². The summed E-state index contributed by atoms with van der Waals surface area (Å²) < 4.78 is 0. The molecule has 0 aromatic heterocycles. The van der Waals surface area contributed by atoms with Crippen LogP contribution in [-0.2, 0) is 9.59 Å². The first-order valence-corrected chi connectivity index (χ1v) is 4.92. The smallest absolute Gasteiger partial charge is 0.303 e. The number of carboxylic acid groups (broad SMARTS) is 1. The number of hydrogen-bond acceptors (Lipinski definition) is 2. The van der Waals surface area contributed by atoms with Gasteiger partial charge < -0.3 is 5.11 Å². The van der Waals surface area contributed by atoms with Crippen LogP contribution in [0.25, 0.3) is 0 Å². The minimum atomic E-state index is -0.734. The summed E-state index contributed by atoms with van der Waals surface area (Å²) in [7, 11) is 0. The van der Waals surface area contributed by atoms with E-state index in [9.17, 15) is 9.59 Å². The van der Waals surface area contributed by atoms with E-state index in [1.54, 1.807) is 0 Å². The van der Waals surface area contributed by atoms with Crippen molar-refractivity contribution in [1.82, 2.24) is 0 Å². The van der Waals surface area contributed by atoms with Crippen LogP contribution in [0.3, 0.4) is 0 Å². The van der Waals surface area contributed by atoms with Gasteiger partial charge in [0.1, 0.15) is 5.78 Å². The van der Waals surface area contributed by atoms with E-state index in [2.05, 4.69) is 0 Å². The zero-order valence-corrected chi connectivity index (χ0v) is 7.79. The highest BCUT2D eigenvalue weighted by atomic mass is 16.4. The second kappa shape index (κ2) is 5.00. The van der Waals surface area contributed by atoms with Crippen LogP contribution in [0.15, 0.2) is 0 Å². The van der Waals surface area contributed by atoms with E-state index in [0.717, 1.165) is 25.7 Å². The van der Waals surface area contributed by atoms with E-state index in [-0.39, 0.29) is 6.42 Å². The average molecular weight is 184 g/mol. The van der Waals surface area contributed by atoms with Gasteiger partial charge in [-0.15, -0.1) is 0 Å². The second-order valence-electron chi connectivity index (χ2n) is 3.79. The van der Waals surface area contributed by atoms with Crippen molar-refractivity contribution in [2.24, 2.45) is 5.92 Å². The van der Waals surface area contributed by atoms with Gasteiger partial charge in [-0.05, 0) is 31.6 Å². The Morgan fingerprint density at radius 2 is 2.31 bits per heavy atom. The summed E-state index contributed by atoms with van der Waals surface area (Å²) >= 11 is 0. The summed E-state index contributed by atoms with van der Waals surface area (Å²) in [5, 5.41) is 8.43. The Hall–Kier alpha value is -0.860. The number of aliphatic carboxylic acids is 1. The van der Waals surface area contributed by atoms with E-state index >= 15 is 0 Å². The lowest BCUT2D eigenvalue weighted by Gasteiger charge is -2.19. The molecule has 1 N–H and O–H groups in total. The summed E-state index contributed by atoms with van der Waals surface area (Å²) in [5.41, 5.74) is 0. The summed E-state index contributed by atoms with van der Waals surface area (Å²) in [6.07, 6.45) is 5.37. The Morgan fingerprint density at radius 1 is 1.54 bits per heavy atom. The van der Waals surface area contributed by atoms with Crippen LogP contribution < -0.4 is 0 Å². The Bertz CT molecular complexity index is 198. The third kappa shape index (κ3) is 4.06. The fraction of sp³-hybridized carbons (Fsp3) is 0.800. The van der Waals surface area contributed by atoms with Crippen molar-refractivity contribution in [3.63, 3.8) is 0 Å². The predicted octanol–water partition coefficient (Wildman–Crippen LogP) is 2.00. The number of carboxylic acids is 1. The Morgan fingerprint density at radius 3 is 2.92 bits per heavy atom. The number of carbonyl (C=O) groups is 2. The van der Waals surface area contributed by atoms with Gasteiger partial charge >= 0.3 is 5.97 Å². The second-order valence-corrected chi connectivity index (χ2v) is 3.79. The molecule has 13 heavy (non-hydrogen) atoms. The van der Waals surface area contributed by atoms with Gasteiger partial charge in [0.25, 0.3) is 0 Å². The first-order valence-electron chi connectivity index (χ1n) is 4.92. The third-order valence-corrected chi connectivity index (χ3v) is 2.59. The summed E-state index contributed by atoms with van der Waals surface area (Å²) in [4.78, 5) is 21.3. The maximum Gasteiger partial charge on any atom is 0.303 e. The monoisotopic (exact) mass is 184 g/mol. The molecule has 3 nitrogen and oxygen atoms in total. The van der Waals surface area contributed by atoms with Gasteiger partial charge in [0.2, 0.25) is 0 Å². The lowest BCUT2D eigenvalue weighted by atomic mass is 9.85. The maximum atomic E-state index is 11.1. The molecule has 3 heteroatoms. The highest BCUT2D eigenvalue weighted by molar-refractivity contribution is 5.79. The Balaban J connectivity index is 2.13. The molecule has 1 saturated carbocycles. The van der Waals surface area contributed by atoms with Crippen molar-refractivity contribution in [1.29, 1.82) is 0 Å². The summed E-state index contributed by atoms with van der Waals surface area (Å²) in [5.74, 6) is 0.0781. The molecule has 0 spiro atoms. The van der Waals surface area contributed by atoms with Crippen LogP contribution >= 0.6 is 0 Å². The minimum Gasteiger partial charge on any atom is -0.481 e. The molecular weight excluding hydrogens is 168 g/mol. The van der Waals surface area contributed by atoms with Crippen molar-refractivity contribution in [3.05, 3.63) is 0 Å². The molecule has 1 atom stereocenters. The first kappa shape index (κ1) is 10.2. The lowest BCUT2D eigenvalue weighted by molar-refractivity contribution is -0.137. The van der Waals surface area contributed by atoms with Crippen molar-refractivity contribution >= 4 is 11.8 Å². The van der Waals surface area contributed by atoms with Crippen molar-refractivity contribution < 1.29 is 14.7 Å². The lowest BCUT2D eigenvalue weighted by Crippen LogP contribution is -2.15. The van der Waals surface area contributed by atoms with Crippen LogP contribution in [0, 0.1) is 5.92 Å². The van der Waals surface area contributed by atoms with Crippen LogP contribution in [0.5, 0.6) is 0 Å². The fourth-order valence-electron chi connectivity index (χ4n) is 1.90. The molecule has 0 amide bonds. The molecule has 0 heterocycles. The number of carbonyl (C=O) groups excluding carboxylic acids is 1. The van der Waals surface area contributed by atoms with Gasteiger partial charge in [-0.2, -0.15) is 0 Å². The van der Waals surface area contributed by atoms with Crippen molar-refractivity contribution in [3.8, 4) is 0 Å². The number of hydrogen-bond donors (Lipinski definition) is 1. The highest BCUT2D eigenvalue weighted by Gasteiger charge is 2.18. The van der Waals surface area contributed by atoms with Crippen LogP contribution in [0.1, 0.15) is 44.9 Å². The standard InChI is InChI=1S/C10H16O3/c11-9-5-1-3-8(7-9)4-2-6-10(12)13/h8H,1-7H2,(H,12,13). The molecule has 1 rings (SSSR count). The Labute approximate surface area is 78.1 Å². The molecule has 1 unspecified atom stereocenters. The van der Waals surface area contributed by atoms with Gasteiger partial charge in [-0.3, -0.25) is 9.59 Å². The van der Waals surface area contributed by atoms with Gasteiger partial charge in [-0.25, -0.2) is 0 Å². The molecule has 0 aromatic rings. The van der Waals surface area contributed by atoms with Crippen LogP contribution in [0.2, 0.25) is 0 Å². The topological polar surface area (TPSA) is 54.4 Å². The van der Waals surface area contributed by atoms with Gasteiger partial charge in [0, 0.05) is 19.3 Å². The van der Waals surface area contributed by atoms with Gasteiger partial charge in [0.15, 0.2) is 0 Å². The number of rotatable bonds is 4. The quantitative estimate of drug-likeness (QED) is 0.727. The molecule has 1 fully saturated rings. The Kier molecular flexibility index (Phi) is 3.93. The maximum absolute atomic E-state index is 11.1. The minimum absolute atomic E-state index is 0.241. The number of ketones is 1. The SMILES string of the molecule is O=C(O)CCCC1CCCC(=O)C1. The van der Waals surface area contributed by atoms with E-state index in [4.69, 9.17) is 5.11 Å². The molecule has 1 aliphatic rings. The van der Waals surface area contributed by atoms with Crippen molar-refractivity contribution in [2.45, 2.75) is 44.9 Å². The first-order chi connectivity index (χ1) is 6.18. The zero-order chi connectivity index (χ0) is 9.68. The average Bonchev–Trinajstić information content (AvgIpc) is 2.03. The predicted molar refractivity (Wildman–Crippen MR) is 48.5 cm³/mol. The molecule has 0 saturated heterocycles. The normalized spacial score (nSPS) is 23.1. The van der Waals surface area contributed by atoms with E-state index in [0.29, 0.717) is 24.5 Å². The zero-order valence-electron chi connectivity index (χ0n) is 7.79. The molecule has 0 aromatic carbocycles. The highest BCUT2D eigenvalue weighted by Crippen LogP contribution is 2.25. The molecule has 0 radical (unpaired) electrons.